The lowest BCUT2D eigenvalue weighted by Gasteiger charge is -2.22. The van der Waals surface area contributed by atoms with Gasteiger partial charge in [-0.1, -0.05) is 399 Å². The number of carbonyl (C=O) groups is 1. The molecule has 0 aromatic heterocycles. The molecule has 2 atom stereocenters. The Bertz CT molecular complexity index is 1640. The second-order valence-electron chi connectivity index (χ2n) is 25.3. The van der Waals surface area contributed by atoms with Gasteiger partial charge in [-0.25, -0.2) is 0 Å². The first-order valence-corrected chi connectivity index (χ1v) is 37.7. The van der Waals surface area contributed by atoms with Gasteiger partial charge in [-0.05, 0) is 89.9 Å². The number of nitrogens with one attached hydrogen (secondary N) is 1. The van der Waals surface area contributed by atoms with Crippen LogP contribution in [0.1, 0.15) is 373 Å². The summed E-state index contributed by atoms with van der Waals surface area (Å²) in [6.07, 6.45) is 116. The van der Waals surface area contributed by atoms with Crippen LogP contribution in [0.4, 0.5) is 0 Å². The first kappa shape index (κ1) is 82.8. The molecule has 4 nitrogen and oxygen atoms in total. The van der Waals surface area contributed by atoms with E-state index in [-0.39, 0.29) is 12.5 Å². The maximum absolute atomic E-state index is 12.6. The van der Waals surface area contributed by atoms with Crippen LogP contribution in [0.3, 0.4) is 0 Å². The number of hydrogen-bond donors (Lipinski definition) is 3. The molecule has 2 unspecified atom stereocenters. The zero-order valence-corrected chi connectivity index (χ0v) is 57.3. The topological polar surface area (TPSA) is 69.6 Å². The summed E-state index contributed by atoms with van der Waals surface area (Å²) in [6.45, 7) is 4.27. The fourth-order valence-corrected chi connectivity index (χ4v) is 11.3. The molecule has 0 aliphatic carbocycles. The number of allylic oxidation sites excluding steroid dienone is 20. The Morgan fingerprint density at radius 1 is 0.291 bits per heavy atom. The van der Waals surface area contributed by atoms with Crippen molar-refractivity contribution in [3.63, 3.8) is 0 Å². The molecular weight excluding hydrogens is 1050 g/mol. The lowest BCUT2D eigenvalue weighted by atomic mass is 10.0. The molecule has 0 spiro atoms. The van der Waals surface area contributed by atoms with Crippen LogP contribution in [-0.4, -0.2) is 34.9 Å². The van der Waals surface area contributed by atoms with E-state index < -0.39 is 12.1 Å². The third-order valence-electron chi connectivity index (χ3n) is 17.0. The Kier molecular flexibility index (Phi) is 73.2. The lowest BCUT2D eigenvalue weighted by molar-refractivity contribution is -0.123. The van der Waals surface area contributed by atoms with E-state index in [0.29, 0.717) is 12.8 Å². The maximum atomic E-state index is 12.6. The highest BCUT2D eigenvalue weighted by Gasteiger charge is 2.20. The maximum Gasteiger partial charge on any atom is 0.220 e. The van der Waals surface area contributed by atoms with Crippen molar-refractivity contribution in [1.29, 1.82) is 0 Å². The van der Waals surface area contributed by atoms with Gasteiger partial charge >= 0.3 is 0 Å². The molecule has 86 heavy (non-hydrogen) atoms. The number of aliphatic hydroxyl groups is 2. The summed E-state index contributed by atoms with van der Waals surface area (Å²) in [5.74, 6) is -0.0354. The summed E-state index contributed by atoms with van der Waals surface area (Å²) < 4.78 is 0. The molecule has 0 heterocycles. The minimum atomic E-state index is -0.671. The van der Waals surface area contributed by atoms with Crippen molar-refractivity contribution < 1.29 is 15.0 Å². The molecule has 0 fully saturated rings. The van der Waals surface area contributed by atoms with Crippen LogP contribution in [0.5, 0.6) is 0 Å². The van der Waals surface area contributed by atoms with Gasteiger partial charge in [0.25, 0.3) is 0 Å². The number of aliphatic hydroxyl groups excluding tert-OH is 2. The van der Waals surface area contributed by atoms with E-state index in [4.69, 9.17) is 0 Å². The molecule has 0 aliphatic heterocycles. The highest BCUT2D eigenvalue weighted by atomic mass is 16.3. The molecule has 3 N–H and O–H groups in total. The molecule has 4 heteroatoms. The smallest absolute Gasteiger partial charge is 0.220 e. The van der Waals surface area contributed by atoms with Gasteiger partial charge in [0, 0.05) is 6.42 Å². The van der Waals surface area contributed by atoms with Crippen LogP contribution in [0.15, 0.2) is 122 Å². The minimum absolute atomic E-state index is 0.0354. The van der Waals surface area contributed by atoms with Crippen molar-refractivity contribution in [3.8, 4) is 0 Å². The van der Waals surface area contributed by atoms with Gasteiger partial charge in [0.1, 0.15) is 0 Å². The van der Waals surface area contributed by atoms with Crippen LogP contribution in [-0.2, 0) is 4.79 Å². The first-order valence-electron chi connectivity index (χ1n) is 37.7. The van der Waals surface area contributed by atoms with Crippen LogP contribution in [0, 0.1) is 0 Å². The van der Waals surface area contributed by atoms with Gasteiger partial charge in [-0.15, -0.1) is 0 Å². The van der Waals surface area contributed by atoms with E-state index in [0.717, 1.165) is 89.9 Å². The largest absolute Gasteiger partial charge is 0.394 e. The van der Waals surface area contributed by atoms with Gasteiger partial charge in [0.05, 0.1) is 18.8 Å². The van der Waals surface area contributed by atoms with E-state index >= 15 is 0 Å². The normalized spacial score (nSPS) is 13.4. The number of carbonyl (C=O) groups excluding carboxylic acids is 1. The van der Waals surface area contributed by atoms with Gasteiger partial charge in [0.2, 0.25) is 5.91 Å². The predicted octanol–water partition coefficient (Wildman–Crippen LogP) is 26.3. The van der Waals surface area contributed by atoms with Crippen molar-refractivity contribution in [1.82, 2.24) is 5.32 Å². The van der Waals surface area contributed by atoms with Crippen molar-refractivity contribution in [2.45, 2.75) is 386 Å². The third kappa shape index (κ3) is 71.5. The predicted molar refractivity (Wildman–Crippen MR) is 386 cm³/mol. The molecule has 0 aromatic rings. The zero-order valence-electron chi connectivity index (χ0n) is 57.3. The van der Waals surface area contributed by atoms with Crippen molar-refractivity contribution in [3.05, 3.63) is 122 Å². The summed E-state index contributed by atoms with van der Waals surface area (Å²) in [5, 5.41) is 23.5. The average Bonchev–Trinajstić information content (AvgIpc) is 3.59. The zero-order chi connectivity index (χ0) is 61.9. The van der Waals surface area contributed by atoms with E-state index in [9.17, 15) is 15.0 Å². The fourth-order valence-electron chi connectivity index (χ4n) is 11.3. The molecule has 0 bridgehead atoms. The molecule has 0 saturated heterocycles. The van der Waals surface area contributed by atoms with Crippen LogP contribution < -0.4 is 5.32 Å². The van der Waals surface area contributed by atoms with Crippen molar-refractivity contribution in [2.24, 2.45) is 0 Å². The monoisotopic (exact) mass is 1190 g/mol. The summed E-state index contributed by atoms with van der Waals surface area (Å²) >= 11 is 0. The minimum Gasteiger partial charge on any atom is -0.394 e. The van der Waals surface area contributed by atoms with Gasteiger partial charge in [-0.3, -0.25) is 4.79 Å². The van der Waals surface area contributed by atoms with Crippen molar-refractivity contribution >= 4 is 5.91 Å². The molecule has 496 valence electrons. The molecule has 0 aliphatic rings. The fraction of sp³-hybridized carbons (Fsp3) is 0.744. The first-order chi connectivity index (χ1) is 42.7. The average molecular weight is 1190 g/mol. The summed E-state index contributed by atoms with van der Waals surface area (Å²) in [5.41, 5.74) is 0. The second kappa shape index (κ2) is 76.0. The molecule has 0 saturated carbocycles. The summed E-state index contributed by atoms with van der Waals surface area (Å²) in [7, 11) is 0. The molecule has 0 rings (SSSR count). The van der Waals surface area contributed by atoms with Gasteiger partial charge in [0.15, 0.2) is 0 Å². The third-order valence-corrected chi connectivity index (χ3v) is 17.0. The quantitative estimate of drug-likeness (QED) is 0.0420. The van der Waals surface area contributed by atoms with Crippen LogP contribution in [0.2, 0.25) is 0 Å². The Morgan fingerprint density at radius 3 is 0.767 bits per heavy atom. The highest BCUT2D eigenvalue weighted by Crippen LogP contribution is 2.19. The van der Waals surface area contributed by atoms with E-state index in [2.05, 4.69) is 141 Å². The van der Waals surface area contributed by atoms with Crippen LogP contribution >= 0.6 is 0 Å². The van der Waals surface area contributed by atoms with Gasteiger partial charge in [-0.2, -0.15) is 0 Å². The van der Waals surface area contributed by atoms with E-state index in [1.165, 1.54) is 257 Å². The summed E-state index contributed by atoms with van der Waals surface area (Å²) in [4.78, 5) is 12.6. The number of amides is 1. The van der Waals surface area contributed by atoms with Crippen LogP contribution in [0.25, 0.3) is 0 Å². The van der Waals surface area contributed by atoms with Gasteiger partial charge < -0.3 is 15.5 Å². The lowest BCUT2D eigenvalue weighted by Crippen LogP contribution is -2.45. The van der Waals surface area contributed by atoms with E-state index in [1.54, 1.807) is 0 Å². The number of rotatable bonds is 69. The Morgan fingerprint density at radius 2 is 0.512 bits per heavy atom. The van der Waals surface area contributed by atoms with Crippen molar-refractivity contribution in [2.75, 3.05) is 6.61 Å². The Balaban J connectivity index is 3.50. The summed E-state index contributed by atoms with van der Waals surface area (Å²) in [6, 6.07) is -0.549. The number of unbranched alkanes of at least 4 members (excludes halogenated alkanes) is 42. The Hall–Kier alpha value is -3.21. The molecular formula is C82H145NO3. The second-order valence-corrected chi connectivity index (χ2v) is 25.3. The molecule has 0 radical (unpaired) electrons. The molecule has 1 amide bonds. The van der Waals surface area contributed by atoms with E-state index in [1.807, 2.05) is 0 Å². The highest BCUT2D eigenvalue weighted by molar-refractivity contribution is 5.76. The molecule has 0 aromatic carbocycles. The standard InChI is InChI=1S/C82H145NO3/c1-3-5-7-9-11-13-15-17-19-21-23-25-27-29-31-33-35-37-38-39-40-41-42-43-44-46-48-50-52-54-56-58-60-62-64-66-68-70-72-74-76-78-82(86)83-80(79-84)81(85)77-75-73-71-69-67-65-63-61-59-57-55-53-51-49-47-45-36-34-32-30-28-26-24-22-20-18-16-14-12-10-8-6-4-2/h5,7,11,13,17,19,23,25,29,31,35,37,39-40,42-43,46,48,52,54,80-81,84-85H,3-4,6,8-10,12,14-16,18,20-22,24,26-28,30,32-34,36,38,41,44-45,47,49-51,53,55-79H2,1-2H3,(H,83,86)/b7-5-,13-11-,19-17-,25-23-,31-29-,37-35-,40-39-,43-42-,48-46-,54-52-. The number of hydrogen-bond acceptors (Lipinski definition) is 3. The SMILES string of the molecule is CC/C=C\C/C=C\C/C=C\C/C=C\C/C=C\C/C=C\C/C=C\C/C=C\C/C=C\C/C=C\CCCCCCCCCCCCC(=O)NC(CO)C(O)CCCCCCCCCCCCCCCCCCCCCCCCCCCCCCCCCCC. The Labute approximate surface area is 537 Å².